The second-order valence-electron chi connectivity index (χ2n) is 4.57. The maximum atomic E-state index is 11.8. The van der Waals surface area contributed by atoms with Gasteiger partial charge in [-0.25, -0.2) is 5.43 Å². The Balaban J connectivity index is 1.88. The standard InChI is InChI=1S/C16H15Cl2N3O/c1-11(12-6-8-13(17)9-7-12)20-21-16(22)10-19-15-5-3-2-4-14(15)18/h2-9,19H,10H2,1H3,(H,21,22)/b20-11-. The molecule has 0 saturated heterocycles. The summed E-state index contributed by atoms with van der Waals surface area (Å²) >= 11 is 11.8. The number of benzene rings is 2. The van der Waals surface area contributed by atoms with Gasteiger partial charge in [-0.3, -0.25) is 4.79 Å². The Labute approximate surface area is 139 Å². The lowest BCUT2D eigenvalue weighted by Gasteiger charge is -2.07. The first-order valence-corrected chi connectivity index (χ1v) is 7.39. The number of nitrogens with zero attached hydrogens (tertiary/aromatic N) is 1. The van der Waals surface area contributed by atoms with Crippen molar-refractivity contribution in [2.45, 2.75) is 6.92 Å². The topological polar surface area (TPSA) is 53.5 Å². The van der Waals surface area contributed by atoms with Crippen LogP contribution < -0.4 is 10.7 Å². The third-order valence-corrected chi connectivity index (χ3v) is 3.51. The number of carbonyl (C=O) groups is 1. The van der Waals surface area contributed by atoms with Gasteiger partial charge in [-0.1, -0.05) is 47.5 Å². The Kier molecular flexibility index (Phi) is 5.81. The molecule has 4 nitrogen and oxygen atoms in total. The normalized spacial score (nSPS) is 11.1. The third-order valence-electron chi connectivity index (χ3n) is 2.92. The van der Waals surface area contributed by atoms with E-state index >= 15 is 0 Å². The predicted octanol–water partition coefficient (Wildman–Crippen LogP) is 3.95. The van der Waals surface area contributed by atoms with Crippen LogP contribution in [0.3, 0.4) is 0 Å². The van der Waals surface area contributed by atoms with E-state index in [4.69, 9.17) is 23.2 Å². The van der Waals surface area contributed by atoms with E-state index in [1.165, 1.54) is 0 Å². The van der Waals surface area contributed by atoms with Crippen molar-refractivity contribution >= 4 is 40.5 Å². The molecule has 0 radical (unpaired) electrons. The maximum absolute atomic E-state index is 11.8. The average Bonchev–Trinajstić information content (AvgIpc) is 2.52. The van der Waals surface area contributed by atoms with Gasteiger partial charge in [0.25, 0.3) is 5.91 Å². The molecular weight excluding hydrogens is 321 g/mol. The van der Waals surface area contributed by atoms with E-state index in [0.29, 0.717) is 21.4 Å². The Morgan fingerprint density at radius 2 is 1.77 bits per heavy atom. The molecule has 0 bridgehead atoms. The Morgan fingerprint density at radius 3 is 2.45 bits per heavy atom. The summed E-state index contributed by atoms with van der Waals surface area (Å²) in [5.41, 5.74) is 4.79. The summed E-state index contributed by atoms with van der Waals surface area (Å²) in [4.78, 5) is 11.8. The summed E-state index contributed by atoms with van der Waals surface area (Å²) in [6.07, 6.45) is 0. The van der Waals surface area contributed by atoms with Crippen molar-refractivity contribution < 1.29 is 4.79 Å². The van der Waals surface area contributed by atoms with Gasteiger partial charge in [-0.05, 0) is 36.8 Å². The fourth-order valence-corrected chi connectivity index (χ4v) is 2.05. The molecule has 6 heteroatoms. The highest BCUT2D eigenvalue weighted by Gasteiger charge is 2.03. The van der Waals surface area contributed by atoms with E-state index in [9.17, 15) is 4.79 Å². The highest BCUT2D eigenvalue weighted by atomic mass is 35.5. The molecular formula is C16H15Cl2N3O. The molecule has 0 atom stereocenters. The largest absolute Gasteiger partial charge is 0.375 e. The quantitative estimate of drug-likeness (QED) is 0.642. The minimum Gasteiger partial charge on any atom is -0.375 e. The summed E-state index contributed by atoms with van der Waals surface area (Å²) in [7, 11) is 0. The lowest BCUT2D eigenvalue weighted by molar-refractivity contribution is -0.119. The smallest absolute Gasteiger partial charge is 0.259 e. The van der Waals surface area contributed by atoms with Crippen LogP contribution >= 0.6 is 23.2 Å². The molecule has 2 aromatic carbocycles. The van der Waals surface area contributed by atoms with Gasteiger partial charge in [0.2, 0.25) is 0 Å². The van der Waals surface area contributed by atoms with Crippen LogP contribution in [0.5, 0.6) is 0 Å². The molecule has 2 N–H and O–H groups in total. The Hall–Kier alpha value is -2.04. The Bertz CT molecular complexity index is 684. The van der Waals surface area contributed by atoms with Gasteiger partial charge in [-0.2, -0.15) is 5.10 Å². The SMILES string of the molecule is C/C(=N/NC(=O)CNc1ccccc1Cl)c1ccc(Cl)cc1. The lowest BCUT2D eigenvalue weighted by Crippen LogP contribution is -2.26. The zero-order valence-electron chi connectivity index (χ0n) is 11.9. The number of carbonyl (C=O) groups excluding carboxylic acids is 1. The van der Waals surface area contributed by atoms with E-state index in [1.807, 2.05) is 31.2 Å². The highest BCUT2D eigenvalue weighted by Crippen LogP contribution is 2.19. The Morgan fingerprint density at radius 1 is 1.09 bits per heavy atom. The summed E-state index contributed by atoms with van der Waals surface area (Å²) in [5, 5.41) is 8.24. The number of nitrogens with one attached hydrogen (secondary N) is 2. The molecule has 22 heavy (non-hydrogen) atoms. The summed E-state index contributed by atoms with van der Waals surface area (Å²) < 4.78 is 0. The minimum absolute atomic E-state index is 0.0845. The number of hydrogen-bond acceptors (Lipinski definition) is 3. The molecule has 0 heterocycles. The molecule has 0 aliphatic rings. The van der Waals surface area contributed by atoms with E-state index in [-0.39, 0.29) is 12.5 Å². The molecule has 0 aromatic heterocycles. The number of para-hydroxylation sites is 1. The molecule has 0 aliphatic heterocycles. The number of rotatable bonds is 5. The van der Waals surface area contributed by atoms with Crippen LogP contribution in [0.25, 0.3) is 0 Å². The van der Waals surface area contributed by atoms with Crippen molar-refractivity contribution in [1.29, 1.82) is 0 Å². The molecule has 0 spiro atoms. The molecule has 0 saturated carbocycles. The second-order valence-corrected chi connectivity index (χ2v) is 5.42. The van der Waals surface area contributed by atoms with Gasteiger partial charge < -0.3 is 5.32 Å². The average molecular weight is 336 g/mol. The lowest BCUT2D eigenvalue weighted by atomic mass is 10.1. The fourth-order valence-electron chi connectivity index (χ4n) is 1.72. The second kappa shape index (κ2) is 7.82. The van der Waals surface area contributed by atoms with Crippen LogP contribution in [-0.4, -0.2) is 18.2 Å². The van der Waals surface area contributed by atoms with Gasteiger partial charge in [0.05, 0.1) is 23.0 Å². The fraction of sp³-hybridized carbons (Fsp3) is 0.125. The van der Waals surface area contributed by atoms with E-state index in [1.54, 1.807) is 24.3 Å². The monoisotopic (exact) mass is 335 g/mol. The van der Waals surface area contributed by atoms with Crippen molar-refractivity contribution in [3.63, 3.8) is 0 Å². The number of amides is 1. The number of hydrazone groups is 1. The van der Waals surface area contributed by atoms with Crippen molar-refractivity contribution in [3.8, 4) is 0 Å². The third kappa shape index (κ3) is 4.76. The number of hydrogen-bond donors (Lipinski definition) is 2. The van der Waals surface area contributed by atoms with E-state index in [2.05, 4.69) is 15.8 Å². The minimum atomic E-state index is -0.256. The zero-order chi connectivity index (χ0) is 15.9. The van der Waals surface area contributed by atoms with Crippen molar-refractivity contribution in [2.24, 2.45) is 5.10 Å². The molecule has 0 fully saturated rings. The van der Waals surface area contributed by atoms with Crippen molar-refractivity contribution in [3.05, 3.63) is 64.1 Å². The molecule has 2 rings (SSSR count). The van der Waals surface area contributed by atoms with Gasteiger partial charge in [0.1, 0.15) is 0 Å². The first-order valence-electron chi connectivity index (χ1n) is 6.64. The first kappa shape index (κ1) is 16.3. The van der Waals surface area contributed by atoms with Gasteiger partial charge in [0, 0.05) is 5.02 Å². The zero-order valence-corrected chi connectivity index (χ0v) is 13.4. The molecule has 0 unspecified atom stereocenters. The summed E-state index contributed by atoms with van der Waals surface area (Å²) in [6.45, 7) is 1.89. The highest BCUT2D eigenvalue weighted by molar-refractivity contribution is 6.33. The van der Waals surface area contributed by atoms with Gasteiger partial charge in [0.15, 0.2) is 0 Å². The molecule has 2 aromatic rings. The van der Waals surface area contributed by atoms with Crippen LogP contribution in [0.1, 0.15) is 12.5 Å². The summed E-state index contributed by atoms with van der Waals surface area (Å²) in [6, 6.07) is 14.5. The van der Waals surface area contributed by atoms with Crippen molar-refractivity contribution in [2.75, 3.05) is 11.9 Å². The maximum Gasteiger partial charge on any atom is 0.259 e. The number of halogens is 2. The van der Waals surface area contributed by atoms with Crippen LogP contribution in [0.2, 0.25) is 10.0 Å². The number of anilines is 1. The molecule has 114 valence electrons. The molecule has 1 amide bonds. The van der Waals surface area contributed by atoms with Crippen LogP contribution in [-0.2, 0) is 4.79 Å². The predicted molar refractivity (Wildman–Crippen MR) is 91.7 cm³/mol. The van der Waals surface area contributed by atoms with Crippen molar-refractivity contribution in [1.82, 2.24) is 5.43 Å². The van der Waals surface area contributed by atoms with Crippen LogP contribution in [0, 0.1) is 0 Å². The van der Waals surface area contributed by atoms with Crippen LogP contribution in [0.4, 0.5) is 5.69 Å². The van der Waals surface area contributed by atoms with Gasteiger partial charge >= 0.3 is 0 Å². The van der Waals surface area contributed by atoms with Gasteiger partial charge in [-0.15, -0.1) is 0 Å². The molecule has 0 aliphatic carbocycles. The van der Waals surface area contributed by atoms with Crippen LogP contribution in [0.15, 0.2) is 53.6 Å². The van der Waals surface area contributed by atoms with E-state index in [0.717, 1.165) is 5.56 Å². The summed E-state index contributed by atoms with van der Waals surface area (Å²) in [5.74, 6) is -0.256. The van der Waals surface area contributed by atoms with E-state index < -0.39 is 0 Å². The first-order chi connectivity index (χ1) is 10.6.